The quantitative estimate of drug-likeness (QED) is 0.440. The highest BCUT2D eigenvalue weighted by Crippen LogP contribution is 2.12. The maximum atomic E-state index is 9.00. The Labute approximate surface area is 132 Å². The van der Waals surface area contributed by atoms with E-state index in [1.54, 1.807) is 0 Å². The summed E-state index contributed by atoms with van der Waals surface area (Å²) in [5.74, 6) is -0.833. The van der Waals surface area contributed by atoms with Gasteiger partial charge in [0.1, 0.15) is 0 Å². The number of carboxylic acid groups (broad SMARTS) is 1. The van der Waals surface area contributed by atoms with Crippen molar-refractivity contribution >= 4 is 5.97 Å². The van der Waals surface area contributed by atoms with Crippen molar-refractivity contribution in [2.24, 2.45) is 5.73 Å². The van der Waals surface area contributed by atoms with E-state index < -0.39 is 5.97 Å². The number of nitrogens with two attached hydrogens (primary N) is 1. The molecule has 0 bridgehead atoms. The fourth-order valence-corrected chi connectivity index (χ4v) is 2.34. The van der Waals surface area contributed by atoms with Crippen molar-refractivity contribution in [3.63, 3.8) is 0 Å². The van der Waals surface area contributed by atoms with Crippen LogP contribution in [-0.4, -0.2) is 17.1 Å². The monoisotopic (exact) mass is 301 g/mol. The summed E-state index contributed by atoms with van der Waals surface area (Å²) in [7, 11) is 0. The van der Waals surface area contributed by atoms with Gasteiger partial charge in [-0.2, -0.15) is 0 Å². The van der Waals surface area contributed by atoms with Crippen LogP contribution < -0.4 is 5.73 Å². The lowest BCUT2D eigenvalue weighted by atomic mass is 10.0. The van der Waals surface area contributed by atoms with E-state index in [2.05, 4.69) is 13.8 Å². The molecule has 0 aromatic heterocycles. The number of carboxylic acids is 1. The zero-order valence-electron chi connectivity index (χ0n) is 14.7. The Morgan fingerprint density at radius 3 is 1.48 bits per heavy atom. The minimum Gasteiger partial charge on any atom is -0.481 e. The maximum absolute atomic E-state index is 9.00. The fraction of sp³-hybridized carbons (Fsp3) is 0.944. The third-order valence-electron chi connectivity index (χ3n) is 3.61. The van der Waals surface area contributed by atoms with Gasteiger partial charge in [-0.05, 0) is 12.8 Å². The average Bonchev–Trinajstić information content (AvgIpc) is 2.42. The summed E-state index contributed by atoms with van der Waals surface area (Å²) in [5.41, 5.74) is 6.12. The van der Waals surface area contributed by atoms with Crippen LogP contribution in [-0.2, 0) is 4.79 Å². The predicted octanol–water partition coefficient (Wildman–Crippen LogP) is 5.52. The summed E-state index contributed by atoms with van der Waals surface area (Å²) in [4.78, 5) is 9.00. The van der Waals surface area contributed by atoms with E-state index in [9.17, 15) is 0 Å². The van der Waals surface area contributed by atoms with E-state index in [-0.39, 0.29) is 0 Å². The summed E-state index contributed by atoms with van der Waals surface area (Å²) in [6.07, 6.45) is 17.7. The van der Waals surface area contributed by atoms with Crippen molar-refractivity contribution < 1.29 is 9.90 Å². The van der Waals surface area contributed by atoms with E-state index in [0.717, 1.165) is 6.92 Å². The Hall–Kier alpha value is -0.570. The lowest BCUT2D eigenvalue weighted by Gasteiger charge is -2.10. The van der Waals surface area contributed by atoms with Crippen molar-refractivity contribution in [2.75, 3.05) is 0 Å². The van der Waals surface area contributed by atoms with Crippen LogP contribution in [0.1, 0.15) is 104 Å². The Morgan fingerprint density at radius 2 is 1.10 bits per heavy atom. The van der Waals surface area contributed by atoms with Crippen molar-refractivity contribution in [3.05, 3.63) is 0 Å². The summed E-state index contributed by atoms with van der Waals surface area (Å²) >= 11 is 0. The number of hydrogen-bond donors (Lipinski definition) is 2. The minimum atomic E-state index is -0.833. The van der Waals surface area contributed by atoms with Crippen molar-refractivity contribution in [2.45, 2.75) is 110 Å². The fourth-order valence-electron chi connectivity index (χ4n) is 2.34. The highest BCUT2D eigenvalue weighted by atomic mass is 16.4. The largest absolute Gasteiger partial charge is 0.481 e. The van der Waals surface area contributed by atoms with Gasteiger partial charge in [0.25, 0.3) is 5.97 Å². The van der Waals surface area contributed by atoms with Crippen LogP contribution in [0.2, 0.25) is 0 Å². The van der Waals surface area contributed by atoms with Crippen LogP contribution in [0.5, 0.6) is 0 Å². The molecule has 21 heavy (non-hydrogen) atoms. The zero-order chi connectivity index (χ0) is 16.3. The molecular weight excluding hydrogens is 262 g/mol. The molecule has 0 aromatic carbocycles. The normalized spacial score (nSPS) is 11.6. The topological polar surface area (TPSA) is 63.3 Å². The number of rotatable bonds is 13. The number of aliphatic carboxylic acids is 1. The first-order chi connectivity index (χ1) is 10.0. The zero-order valence-corrected chi connectivity index (χ0v) is 14.7. The second kappa shape index (κ2) is 19.4. The van der Waals surface area contributed by atoms with Gasteiger partial charge in [-0.1, -0.05) is 84.5 Å². The molecular formula is C18H39NO2. The molecule has 0 aliphatic carbocycles. The summed E-state index contributed by atoms with van der Waals surface area (Å²) in [6, 6.07) is 0.475. The van der Waals surface area contributed by atoms with Gasteiger partial charge in [0.15, 0.2) is 0 Å². The first kappa shape index (κ1) is 22.7. The molecule has 0 saturated heterocycles. The first-order valence-electron chi connectivity index (χ1n) is 8.99. The maximum Gasteiger partial charge on any atom is 0.300 e. The predicted molar refractivity (Wildman–Crippen MR) is 92.7 cm³/mol. The van der Waals surface area contributed by atoms with Crippen molar-refractivity contribution in [1.82, 2.24) is 0 Å². The van der Waals surface area contributed by atoms with Gasteiger partial charge in [0.2, 0.25) is 0 Å². The van der Waals surface area contributed by atoms with Crippen LogP contribution in [0.15, 0.2) is 0 Å². The van der Waals surface area contributed by atoms with Gasteiger partial charge in [0.05, 0.1) is 0 Å². The Bertz CT molecular complexity index is 203. The lowest BCUT2D eigenvalue weighted by Crippen LogP contribution is -2.19. The molecule has 3 heteroatoms. The Morgan fingerprint density at radius 1 is 0.810 bits per heavy atom. The van der Waals surface area contributed by atoms with E-state index in [0.29, 0.717) is 6.04 Å². The Balaban J connectivity index is 0. The van der Waals surface area contributed by atoms with Gasteiger partial charge in [-0.3, -0.25) is 4.79 Å². The third-order valence-corrected chi connectivity index (χ3v) is 3.61. The summed E-state index contributed by atoms with van der Waals surface area (Å²) in [6.45, 7) is 5.62. The van der Waals surface area contributed by atoms with Crippen LogP contribution in [0.25, 0.3) is 0 Å². The van der Waals surface area contributed by atoms with Crippen LogP contribution in [0, 0.1) is 0 Å². The van der Waals surface area contributed by atoms with E-state index in [1.165, 1.54) is 83.5 Å². The molecule has 128 valence electrons. The minimum absolute atomic E-state index is 0.475. The molecule has 0 fully saturated rings. The van der Waals surface area contributed by atoms with Gasteiger partial charge in [0, 0.05) is 13.0 Å². The lowest BCUT2D eigenvalue weighted by molar-refractivity contribution is -0.134. The molecule has 3 N–H and O–H groups in total. The van der Waals surface area contributed by atoms with Gasteiger partial charge < -0.3 is 10.8 Å². The first-order valence-corrected chi connectivity index (χ1v) is 8.99. The smallest absolute Gasteiger partial charge is 0.300 e. The van der Waals surface area contributed by atoms with E-state index >= 15 is 0 Å². The SMILES string of the molecule is CC(=O)O.CCCCCCCCCC(N)CCCCCC. The molecule has 0 aliphatic heterocycles. The number of hydrogen-bond acceptors (Lipinski definition) is 2. The second-order valence-electron chi connectivity index (χ2n) is 6.04. The van der Waals surface area contributed by atoms with Crippen molar-refractivity contribution in [1.29, 1.82) is 0 Å². The van der Waals surface area contributed by atoms with Gasteiger partial charge >= 0.3 is 0 Å². The summed E-state index contributed by atoms with van der Waals surface area (Å²) < 4.78 is 0. The van der Waals surface area contributed by atoms with Crippen molar-refractivity contribution in [3.8, 4) is 0 Å². The number of carbonyl (C=O) groups is 1. The molecule has 1 unspecified atom stereocenters. The molecule has 0 saturated carbocycles. The molecule has 0 rings (SSSR count). The third kappa shape index (κ3) is 28.3. The number of unbranched alkanes of at least 4 members (excludes halogenated alkanes) is 9. The standard InChI is InChI=1S/C16H35N.C2H4O2/c1-3-5-7-9-10-11-13-15-16(17)14-12-8-6-4-2;1-2(3)4/h16H,3-15,17H2,1-2H3;1H3,(H,3,4). The Kier molecular flexibility index (Phi) is 21.0. The van der Waals surface area contributed by atoms with E-state index in [1.807, 2.05) is 0 Å². The highest BCUT2D eigenvalue weighted by molar-refractivity contribution is 5.62. The molecule has 0 amide bonds. The molecule has 0 radical (unpaired) electrons. The van der Waals surface area contributed by atoms with Gasteiger partial charge in [-0.15, -0.1) is 0 Å². The second-order valence-corrected chi connectivity index (χ2v) is 6.04. The molecule has 0 spiro atoms. The van der Waals surface area contributed by atoms with Gasteiger partial charge in [-0.25, -0.2) is 0 Å². The molecule has 1 atom stereocenters. The van der Waals surface area contributed by atoms with Crippen LogP contribution >= 0.6 is 0 Å². The molecule has 3 nitrogen and oxygen atoms in total. The summed E-state index contributed by atoms with van der Waals surface area (Å²) in [5, 5.41) is 7.42. The molecule has 0 heterocycles. The van der Waals surface area contributed by atoms with E-state index in [4.69, 9.17) is 15.6 Å². The highest BCUT2D eigenvalue weighted by Gasteiger charge is 2.01. The molecule has 0 aromatic rings. The molecule has 0 aliphatic rings. The van der Waals surface area contributed by atoms with Crippen LogP contribution in [0.4, 0.5) is 0 Å². The van der Waals surface area contributed by atoms with Crippen LogP contribution in [0.3, 0.4) is 0 Å². The average molecular weight is 302 g/mol.